The SMILES string of the molecule is C=CN(c1ccc(C(=O)CC(O)C(C)C)cn1)C1CCC(NC(=O)c2ccc(C)c(NCC3CC3)c2)C1.NC=O. The van der Waals surface area contributed by atoms with Gasteiger partial charge in [0.15, 0.2) is 5.78 Å². The Hall–Kier alpha value is -3.72. The van der Waals surface area contributed by atoms with E-state index in [0.29, 0.717) is 11.1 Å². The molecule has 4 rings (SSSR count). The van der Waals surface area contributed by atoms with Crippen LogP contribution in [-0.4, -0.2) is 52.9 Å². The Morgan fingerprint density at radius 3 is 2.48 bits per heavy atom. The van der Waals surface area contributed by atoms with Crippen molar-refractivity contribution in [2.75, 3.05) is 16.8 Å². The third-order valence-corrected chi connectivity index (χ3v) is 7.61. The molecular weight excluding hydrogens is 506 g/mol. The molecule has 5 N–H and O–H groups in total. The molecule has 40 heavy (non-hydrogen) atoms. The summed E-state index contributed by atoms with van der Waals surface area (Å²) in [5, 5.41) is 16.7. The van der Waals surface area contributed by atoms with Crippen LogP contribution in [0.4, 0.5) is 11.5 Å². The Labute approximate surface area is 237 Å². The maximum Gasteiger partial charge on any atom is 0.251 e. The highest BCUT2D eigenvalue weighted by Crippen LogP contribution is 2.30. The zero-order chi connectivity index (χ0) is 29.2. The summed E-state index contributed by atoms with van der Waals surface area (Å²) in [5.41, 5.74) is 7.52. The standard InChI is InChI=1S/C30H40N4O3.CH3NO/c1-5-34(29-13-10-23(18-32-29)28(36)16-27(35)19(2)3)25-12-11-24(15-25)33-30(37)22-9-6-20(4)26(14-22)31-17-21-7-8-21;2-1-3/h5-6,9-10,13-14,18-19,21,24-25,27,31,35H,1,7-8,11-12,15-17H2,2-4H3,(H,33,37);1H,(H2,2,3). The molecule has 2 aliphatic carbocycles. The van der Waals surface area contributed by atoms with Crippen LogP contribution in [0.25, 0.3) is 0 Å². The Balaban J connectivity index is 0.00000141. The van der Waals surface area contributed by atoms with Gasteiger partial charge in [-0.15, -0.1) is 0 Å². The second kappa shape index (κ2) is 14.6. The third-order valence-electron chi connectivity index (χ3n) is 7.61. The van der Waals surface area contributed by atoms with Crippen molar-refractivity contribution in [1.82, 2.24) is 10.3 Å². The van der Waals surface area contributed by atoms with Gasteiger partial charge in [-0.25, -0.2) is 4.98 Å². The van der Waals surface area contributed by atoms with E-state index in [2.05, 4.69) is 34.9 Å². The third kappa shape index (κ3) is 8.64. The number of ketones is 1. The predicted octanol–water partition coefficient (Wildman–Crippen LogP) is 4.20. The number of nitrogens with one attached hydrogen (secondary N) is 2. The molecule has 0 bridgehead atoms. The quantitative estimate of drug-likeness (QED) is 0.230. The summed E-state index contributed by atoms with van der Waals surface area (Å²) >= 11 is 0. The molecule has 9 nitrogen and oxygen atoms in total. The maximum absolute atomic E-state index is 13.0. The molecule has 0 aliphatic heterocycles. The van der Waals surface area contributed by atoms with Gasteiger partial charge in [-0.3, -0.25) is 14.4 Å². The first-order valence-corrected chi connectivity index (χ1v) is 14.1. The molecule has 3 atom stereocenters. The van der Waals surface area contributed by atoms with Crippen LogP contribution in [0.1, 0.15) is 78.7 Å². The van der Waals surface area contributed by atoms with Crippen LogP contribution in [0.2, 0.25) is 0 Å². The van der Waals surface area contributed by atoms with Crippen molar-refractivity contribution in [3.63, 3.8) is 0 Å². The number of primary amides is 1. The summed E-state index contributed by atoms with van der Waals surface area (Å²) in [6, 6.07) is 9.67. The molecule has 0 spiro atoms. The lowest BCUT2D eigenvalue weighted by molar-refractivity contribution is -0.106. The first kappa shape index (κ1) is 30.8. The van der Waals surface area contributed by atoms with Crippen molar-refractivity contribution in [1.29, 1.82) is 0 Å². The lowest BCUT2D eigenvalue weighted by atomic mass is 9.99. The van der Waals surface area contributed by atoms with Crippen molar-refractivity contribution < 1.29 is 19.5 Å². The van der Waals surface area contributed by atoms with Crippen molar-refractivity contribution in [2.24, 2.45) is 17.6 Å². The number of aromatic nitrogens is 1. The lowest BCUT2D eigenvalue weighted by Crippen LogP contribution is -2.35. The molecule has 2 saturated carbocycles. The summed E-state index contributed by atoms with van der Waals surface area (Å²) in [5.74, 6) is 1.35. The van der Waals surface area contributed by atoms with E-state index in [0.717, 1.165) is 48.8 Å². The zero-order valence-corrected chi connectivity index (χ0v) is 23.8. The largest absolute Gasteiger partial charge is 0.392 e. The second-order valence-electron chi connectivity index (χ2n) is 11.1. The fraction of sp³-hybridized carbons (Fsp3) is 0.484. The van der Waals surface area contributed by atoms with E-state index in [1.54, 1.807) is 18.5 Å². The average Bonchev–Trinajstić information content (AvgIpc) is 3.66. The Bertz CT molecular complexity index is 1160. The van der Waals surface area contributed by atoms with E-state index in [1.165, 1.54) is 12.8 Å². The number of pyridine rings is 1. The maximum atomic E-state index is 13.0. The predicted molar refractivity (Wildman–Crippen MR) is 158 cm³/mol. The lowest BCUT2D eigenvalue weighted by Gasteiger charge is -2.26. The fourth-order valence-electron chi connectivity index (χ4n) is 4.82. The molecule has 0 radical (unpaired) electrons. The molecule has 1 aromatic heterocycles. The molecular formula is C31H43N5O4. The van der Waals surface area contributed by atoms with Gasteiger partial charge in [-0.1, -0.05) is 26.5 Å². The topological polar surface area (TPSA) is 138 Å². The van der Waals surface area contributed by atoms with E-state index in [-0.39, 0.29) is 42.5 Å². The fourth-order valence-corrected chi connectivity index (χ4v) is 4.82. The van der Waals surface area contributed by atoms with Gasteiger partial charge in [0.05, 0.1) is 6.10 Å². The number of hydrogen-bond acceptors (Lipinski definition) is 7. The van der Waals surface area contributed by atoms with Gasteiger partial charge in [-0.05, 0) is 86.9 Å². The molecule has 1 heterocycles. The minimum atomic E-state index is -0.659. The molecule has 2 aliphatic rings. The first-order valence-electron chi connectivity index (χ1n) is 14.1. The van der Waals surface area contributed by atoms with Crippen LogP contribution in [0.15, 0.2) is 49.3 Å². The van der Waals surface area contributed by atoms with Gasteiger partial charge in [0.1, 0.15) is 5.82 Å². The molecule has 2 fully saturated rings. The minimum Gasteiger partial charge on any atom is -0.392 e. The number of hydrogen-bond donors (Lipinski definition) is 4. The van der Waals surface area contributed by atoms with Crippen LogP contribution < -0.4 is 21.3 Å². The molecule has 0 saturated heterocycles. The first-order chi connectivity index (χ1) is 19.2. The molecule has 3 unspecified atom stereocenters. The number of rotatable bonds is 12. The molecule has 216 valence electrons. The number of anilines is 2. The van der Waals surface area contributed by atoms with Gasteiger partial charge >= 0.3 is 0 Å². The number of aliphatic hydroxyl groups is 1. The number of Topliss-reactive ketones (excluding diaryl/α,β-unsaturated/α-hetero) is 1. The number of aryl methyl sites for hydroxylation is 1. The van der Waals surface area contributed by atoms with Crippen LogP contribution in [0.5, 0.6) is 0 Å². The van der Waals surface area contributed by atoms with Crippen molar-refractivity contribution >= 4 is 29.6 Å². The summed E-state index contributed by atoms with van der Waals surface area (Å²) in [4.78, 5) is 40.6. The highest BCUT2D eigenvalue weighted by atomic mass is 16.3. The highest BCUT2D eigenvalue weighted by Gasteiger charge is 2.30. The van der Waals surface area contributed by atoms with Crippen LogP contribution in [0.3, 0.4) is 0 Å². The van der Waals surface area contributed by atoms with Crippen LogP contribution >= 0.6 is 0 Å². The number of carbonyl (C=O) groups is 3. The van der Waals surface area contributed by atoms with Gasteiger partial charge in [0.25, 0.3) is 5.91 Å². The summed E-state index contributed by atoms with van der Waals surface area (Å²) < 4.78 is 0. The van der Waals surface area contributed by atoms with Gasteiger partial charge in [0.2, 0.25) is 6.41 Å². The Morgan fingerprint density at radius 2 is 1.88 bits per heavy atom. The zero-order valence-electron chi connectivity index (χ0n) is 23.8. The highest BCUT2D eigenvalue weighted by molar-refractivity contribution is 5.96. The molecule has 2 aromatic rings. The molecule has 9 heteroatoms. The van der Waals surface area contributed by atoms with E-state index in [4.69, 9.17) is 4.79 Å². The monoisotopic (exact) mass is 549 g/mol. The Kier molecular flexibility index (Phi) is 11.3. The minimum absolute atomic E-state index is 0.0280. The molecule has 2 amide bonds. The van der Waals surface area contributed by atoms with Crippen molar-refractivity contribution in [3.05, 3.63) is 66.0 Å². The van der Waals surface area contributed by atoms with Crippen LogP contribution in [-0.2, 0) is 4.79 Å². The number of nitrogens with two attached hydrogens (primary N) is 1. The van der Waals surface area contributed by atoms with Gasteiger partial charge in [0, 0.05) is 48.1 Å². The molecule has 1 aromatic carbocycles. The van der Waals surface area contributed by atoms with Gasteiger partial charge < -0.3 is 26.4 Å². The van der Waals surface area contributed by atoms with E-state index >= 15 is 0 Å². The number of nitrogens with zero attached hydrogens (tertiary/aromatic N) is 2. The number of carbonyl (C=O) groups excluding carboxylic acids is 3. The summed E-state index contributed by atoms with van der Waals surface area (Å²) in [6.07, 6.45) is 8.17. The van der Waals surface area contributed by atoms with E-state index < -0.39 is 6.10 Å². The summed E-state index contributed by atoms with van der Waals surface area (Å²) in [7, 11) is 0. The second-order valence-corrected chi connectivity index (χ2v) is 11.1. The average molecular weight is 550 g/mol. The van der Waals surface area contributed by atoms with E-state index in [1.807, 2.05) is 43.0 Å². The van der Waals surface area contributed by atoms with Gasteiger partial charge in [-0.2, -0.15) is 0 Å². The van der Waals surface area contributed by atoms with Crippen molar-refractivity contribution in [3.8, 4) is 0 Å². The van der Waals surface area contributed by atoms with Crippen molar-refractivity contribution in [2.45, 2.75) is 77.5 Å². The number of aliphatic hydroxyl groups excluding tert-OH is 1. The van der Waals surface area contributed by atoms with E-state index in [9.17, 15) is 14.7 Å². The number of benzene rings is 1. The smallest absolute Gasteiger partial charge is 0.251 e. The Morgan fingerprint density at radius 1 is 1.18 bits per heavy atom. The van der Waals surface area contributed by atoms with Crippen LogP contribution in [0, 0.1) is 18.8 Å². The normalized spacial score (nSPS) is 18.7. The number of amides is 2. The summed E-state index contributed by atoms with van der Waals surface area (Å²) in [6.45, 7) is 10.8.